The second-order valence-electron chi connectivity index (χ2n) is 21.1. The highest BCUT2D eigenvalue weighted by atomic mass is 16.6. The Balaban J connectivity index is 4.26. The lowest BCUT2D eigenvalue weighted by Crippen LogP contribution is -2.30. The van der Waals surface area contributed by atoms with Gasteiger partial charge in [-0.1, -0.05) is 304 Å². The summed E-state index contributed by atoms with van der Waals surface area (Å²) in [6.45, 7) is 9.07. The van der Waals surface area contributed by atoms with Gasteiger partial charge in [0.2, 0.25) is 0 Å². The van der Waals surface area contributed by atoms with Crippen LogP contribution in [0.3, 0.4) is 0 Å². The largest absolute Gasteiger partial charge is 0.462 e. The van der Waals surface area contributed by atoms with E-state index in [9.17, 15) is 14.4 Å². The molecule has 0 radical (unpaired) electrons. The van der Waals surface area contributed by atoms with Gasteiger partial charge in [-0.15, -0.1) is 0 Å². The van der Waals surface area contributed by atoms with Gasteiger partial charge in [0.25, 0.3) is 0 Å². The second-order valence-corrected chi connectivity index (χ2v) is 21.1. The summed E-state index contributed by atoms with van der Waals surface area (Å²) in [5, 5.41) is 0. The number of hydrogen-bond donors (Lipinski definition) is 0. The first-order valence-electron chi connectivity index (χ1n) is 29.9. The van der Waals surface area contributed by atoms with Crippen LogP contribution in [0, 0.1) is 5.92 Å². The molecule has 0 spiro atoms. The van der Waals surface area contributed by atoms with Crippen molar-refractivity contribution in [3.05, 3.63) is 0 Å². The molecule has 6 heteroatoms. The van der Waals surface area contributed by atoms with E-state index in [2.05, 4.69) is 27.7 Å². The van der Waals surface area contributed by atoms with Crippen molar-refractivity contribution >= 4 is 17.9 Å². The predicted molar refractivity (Wildman–Crippen MR) is 284 cm³/mol. The fourth-order valence-electron chi connectivity index (χ4n) is 9.28. The van der Waals surface area contributed by atoms with Crippen LogP contribution in [0.5, 0.6) is 0 Å². The van der Waals surface area contributed by atoms with Crippen LogP contribution in [0.1, 0.15) is 342 Å². The van der Waals surface area contributed by atoms with Gasteiger partial charge in [-0.2, -0.15) is 0 Å². The molecule has 0 bridgehead atoms. The van der Waals surface area contributed by atoms with E-state index in [1.54, 1.807) is 0 Å². The third-order valence-electron chi connectivity index (χ3n) is 13.8. The standard InChI is InChI=1S/C60H116O6/c1-5-7-9-11-13-15-17-19-20-21-22-25-28-32-36-40-44-48-52-59(62)65-55-57(54-64-58(61)51-47-43-39-35-31-18-16-14-12-10-8-6-2)66-60(63)53-49-45-41-37-33-29-26-23-24-27-30-34-38-42-46-50-56(3)4/h56-57H,5-55H2,1-4H3/t57-/m0/s1. The monoisotopic (exact) mass is 933 g/mol. The van der Waals surface area contributed by atoms with Gasteiger partial charge >= 0.3 is 17.9 Å². The quantitative estimate of drug-likeness (QED) is 0.0343. The molecule has 6 nitrogen and oxygen atoms in total. The average Bonchev–Trinajstić information content (AvgIpc) is 3.30. The molecule has 0 saturated heterocycles. The minimum Gasteiger partial charge on any atom is -0.462 e. The van der Waals surface area contributed by atoms with Gasteiger partial charge in [-0.05, 0) is 25.2 Å². The van der Waals surface area contributed by atoms with Crippen LogP contribution in [0.25, 0.3) is 0 Å². The van der Waals surface area contributed by atoms with Crippen LogP contribution in [0.15, 0.2) is 0 Å². The molecular formula is C60H116O6. The Kier molecular flexibility index (Phi) is 53.0. The highest BCUT2D eigenvalue weighted by Gasteiger charge is 2.19. The van der Waals surface area contributed by atoms with Crippen LogP contribution in [0.4, 0.5) is 0 Å². The molecule has 0 heterocycles. The van der Waals surface area contributed by atoms with E-state index < -0.39 is 6.10 Å². The summed E-state index contributed by atoms with van der Waals surface area (Å²) in [7, 11) is 0. The summed E-state index contributed by atoms with van der Waals surface area (Å²) in [6, 6.07) is 0. The molecule has 1 atom stereocenters. The molecule has 0 amide bonds. The van der Waals surface area contributed by atoms with Crippen molar-refractivity contribution in [2.75, 3.05) is 13.2 Å². The molecule has 66 heavy (non-hydrogen) atoms. The van der Waals surface area contributed by atoms with Crippen LogP contribution < -0.4 is 0 Å². The number of esters is 3. The van der Waals surface area contributed by atoms with E-state index >= 15 is 0 Å². The Hall–Kier alpha value is -1.59. The van der Waals surface area contributed by atoms with Crippen LogP contribution in [0.2, 0.25) is 0 Å². The van der Waals surface area contributed by atoms with Crippen molar-refractivity contribution < 1.29 is 28.6 Å². The Bertz CT molecular complexity index is 996. The Labute approximate surface area is 412 Å². The maximum atomic E-state index is 12.9. The summed E-state index contributed by atoms with van der Waals surface area (Å²) < 4.78 is 16.9. The Morgan fingerprint density at radius 1 is 0.288 bits per heavy atom. The van der Waals surface area contributed by atoms with Crippen molar-refractivity contribution in [1.29, 1.82) is 0 Å². The molecule has 0 unspecified atom stereocenters. The van der Waals surface area contributed by atoms with Crippen LogP contribution in [-0.4, -0.2) is 37.2 Å². The summed E-state index contributed by atoms with van der Waals surface area (Å²) in [5.41, 5.74) is 0. The summed E-state index contributed by atoms with van der Waals surface area (Å²) in [4.78, 5) is 38.2. The first-order valence-corrected chi connectivity index (χ1v) is 29.9. The van der Waals surface area contributed by atoms with Gasteiger partial charge in [-0.3, -0.25) is 14.4 Å². The zero-order chi connectivity index (χ0) is 48.1. The van der Waals surface area contributed by atoms with Gasteiger partial charge in [0.05, 0.1) is 0 Å². The molecule has 0 aromatic rings. The fourth-order valence-corrected chi connectivity index (χ4v) is 9.28. The number of unbranched alkanes of at least 4 members (excludes halogenated alkanes) is 42. The van der Waals surface area contributed by atoms with Crippen molar-refractivity contribution in [3.63, 3.8) is 0 Å². The molecule has 0 aromatic heterocycles. The molecule has 392 valence electrons. The van der Waals surface area contributed by atoms with Crippen LogP contribution in [-0.2, 0) is 28.6 Å². The van der Waals surface area contributed by atoms with Gasteiger partial charge in [0.1, 0.15) is 13.2 Å². The molecule has 0 aliphatic rings. The maximum Gasteiger partial charge on any atom is 0.306 e. The molecule has 0 aliphatic carbocycles. The minimum atomic E-state index is -0.762. The SMILES string of the molecule is CCCCCCCCCCCCCCCCCCCCC(=O)OC[C@H](COC(=O)CCCCCCCCCCCCCC)OC(=O)CCCCCCCCCCCCCCCCCC(C)C. The number of rotatable bonds is 55. The van der Waals surface area contributed by atoms with Crippen molar-refractivity contribution in [1.82, 2.24) is 0 Å². The maximum absolute atomic E-state index is 12.9. The lowest BCUT2D eigenvalue weighted by atomic mass is 10.0. The molecule has 0 fully saturated rings. The zero-order valence-corrected chi connectivity index (χ0v) is 45.2. The van der Waals surface area contributed by atoms with E-state index in [0.29, 0.717) is 19.3 Å². The zero-order valence-electron chi connectivity index (χ0n) is 45.2. The van der Waals surface area contributed by atoms with Gasteiger partial charge < -0.3 is 14.2 Å². The Morgan fingerprint density at radius 3 is 0.742 bits per heavy atom. The Morgan fingerprint density at radius 2 is 0.500 bits per heavy atom. The lowest BCUT2D eigenvalue weighted by Gasteiger charge is -2.18. The smallest absolute Gasteiger partial charge is 0.306 e. The van der Waals surface area contributed by atoms with E-state index in [0.717, 1.165) is 63.7 Å². The first kappa shape index (κ1) is 64.4. The number of hydrogen-bond acceptors (Lipinski definition) is 6. The van der Waals surface area contributed by atoms with Gasteiger partial charge in [0, 0.05) is 19.3 Å². The number of carbonyl (C=O) groups is 3. The predicted octanol–water partition coefficient (Wildman–Crippen LogP) is 19.8. The molecule has 0 saturated carbocycles. The van der Waals surface area contributed by atoms with Crippen molar-refractivity contribution in [2.24, 2.45) is 5.92 Å². The number of carbonyl (C=O) groups excluding carboxylic acids is 3. The summed E-state index contributed by atoms with van der Waals surface area (Å²) in [6.07, 6.45) is 59.5. The first-order chi connectivity index (χ1) is 32.4. The van der Waals surface area contributed by atoms with E-state index in [1.807, 2.05) is 0 Å². The topological polar surface area (TPSA) is 78.9 Å². The van der Waals surface area contributed by atoms with E-state index in [4.69, 9.17) is 14.2 Å². The third-order valence-corrected chi connectivity index (χ3v) is 13.8. The van der Waals surface area contributed by atoms with E-state index in [1.165, 1.54) is 238 Å². The summed E-state index contributed by atoms with van der Waals surface area (Å²) in [5.74, 6) is 0.0148. The average molecular weight is 934 g/mol. The molecule has 0 N–H and O–H groups in total. The van der Waals surface area contributed by atoms with Crippen molar-refractivity contribution in [2.45, 2.75) is 348 Å². The highest BCUT2D eigenvalue weighted by Crippen LogP contribution is 2.18. The minimum absolute atomic E-state index is 0.0616. The highest BCUT2D eigenvalue weighted by molar-refractivity contribution is 5.71. The lowest BCUT2D eigenvalue weighted by molar-refractivity contribution is -0.167. The van der Waals surface area contributed by atoms with Crippen molar-refractivity contribution in [3.8, 4) is 0 Å². The molecule has 0 rings (SSSR count). The second kappa shape index (κ2) is 54.4. The molecule has 0 aromatic carbocycles. The normalized spacial score (nSPS) is 12.0. The van der Waals surface area contributed by atoms with Crippen LogP contribution >= 0.6 is 0 Å². The molecule has 0 aliphatic heterocycles. The van der Waals surface area contributed by atoms with E-state index in [-0.39, 0.29) is 31.1 Å². The third kappa shape index (κ3) is 53.4. The van der Waals surface area contributed by atoms with Gasteiger partial charge in [-0.25, -0.2) is 0 Å². The molecular weight excluding hydrogens is 817 g/mol. The summed E-state index contributed by atoms with van der Waals surface area (Å²) >= 11 is 0. The van der Waals surface area contributed by atoms with Gasteiger partial charge in [0.15, 0.2) is 6.10 Å². The number of ether oxygens (including phenoxy) is 3. The fraction of sp³-hybridized carbons (Fsp3) is 0.950.